The van der Waals surface area contributed by atoms with E-state index < -0.39 is 0 Å². The minimum absolute atomic E-state index is 1.31. The molecular formula is C21H37. The molecule has 0 unspecified atom stereocenters. The summed E-state index contributed by atoms with van der Waals surface area (Å²) in [5.74, 6) is 1.70. The van der Waals surface area contributed by atoms with Crippen LogP contribution < -0.4 is 0 Å². The fourth-order valence-electron chi connectivity index (χ4n) is 3.28. The summed E-state index contributed by atoms with van der Waals surface area (Å²) in [6.07, 6.45) is 18.5. The number of rotatable bonds is 12. The van der Waals surface area contributed by atoms with E-state index in [2.05, 4.69) is 33.8 Å². The van der Waals surface area contributed by atoms with Crippen LogP contribution in [0.2, 0.25) is 0 Å². The van der Waals surface area contributed by atoms with Crippen molar-refractivity contribution in [1.29, 1.82) is 0 Å². The van der Waals surface area contributed by atoms with Crippen molar-refractivity contribution < 1.29 is 0 Å². The van der Waals surface area contributed by atoms with Crippen molar-refractivity contribution in [2.75, 3.05) is 0 Å². The van der Waals surface area contributed by atoms with Gasteiger partial charge in [-0.2, -0.15) is 0 Å². The van der Waals surface area contributed by atoms with Crippen molar-refractivity contribution in [2.45, 2.75) is 105 Å². The average Bonchev–Trinajstić information content (AvgIpc) is 2.83. The molecule has 0 saturated carbocycles. The summed E-state index contributed by atoms with van der Waals surface area (Å²) >= 11 is 0. The second-order valence-electron chi connectivity index (χ2n) is 6.57. The first-order chi connectivity index (χ1) is 10.3. The van der Waals surface area contributed by atoms with Gasteiger partial charge >= 0.3 is 0 Å². The molecule has 0 aromatic carbocycles. The molecule has 0 saturated heterocycles. The van der Waals surface area contributed by atoms with E-state index in [4.69, 9.17) is 0 Å². The molecule has 0 aromatic rings. The van der Waals surface area contributed by atoms with E-state index in [1.807, 2.05) is 0 Å². The molecule has 0 amide bonds. The Morgan fingerprint density at radius 3 is 1.62 bits per heavy atom. The van der Waals surface area contributed by atoms with Gasteiger partial charge in [-0.05, 0) is 56.1 Å². The summed E-state index contributed by atoms with van der Waals surface area (Å²) in [6, 6.07) is 0. The zero-order chi connectivity index (χ0) is 15.5. The Balaban J connectivity index is 2.87. The molecule has 0 heteroatoms. The topological polar surface area (TPSA) is 0 Å². The molecule has 0 aliphatic heterocycles. The third-order valence-corrected chi connectivity index (χ3v) is 4.65. The molecule has 0 heterocycles. The summed E-state index contributed by atoms with van der Waals surface area (Å²) in [7, 11) is 0. The summed E-state index contributed by atoms with van der Waals surface area (Å²) in [4.78, 5) is 0. The van der Waals surface area contributed by atoms with Crippen molar-refractivity contribution >= 4 is 0 Å². The predicted octanol–water partition coefficient (Wildman–Crippen LogP) is 7.56. The number of hydrogen-bond acceptors (Lipinski definition) is 0. The maximum Gasteiger partial charge on any atom is 0.0231 e. The summed E-state index contributed by atoms with van der Waals surface area (Å²) in [5.41, 5.74) is 5.21. The fraction of sp³-hybridized carbons (Fsp3) is 0.762. The quantitative estimate of drug-likeness (QED) is 0.348. The van der Waals surface area contributed by atoms with Crippen LogP contribution in [0.15, 0.2) is 22.8 Å². The predicted molar refractivity (Wildman–Crippen MR) is 96.5 cm³/mol. The monoisotopic (exact) mass is 289 g/mol. The van der Waals surface area contributed by atoms with Crippen LogP contribution in [0.5, 0.6) is 0 Å². The third kappa shape index (κ3) is 6.01. The Kier molecular flexibility index (Phi) is 9.79. The summed E-state index contributed by atoms with van der Waals surface area (Å²) < 4.78 is 0. The maximum absolute atomic E-state index is 2.58. The molecule has 1 radical (unpaired) electrons. The molecule has 121 valence electrons. The van der Waals surface area contributed by atoms with Crippen molar-refractivity contribution in [1.82, 2.24) is 0 Å². The Labute approximate surface area is 134 Å². The molecule has 21 heavy (non-hydrogen) atoms. The van der Waals surface area contributed by atoms with E-state index in [1.54, 1.807) is 22.6 Å². The molecule has 0 N–H and O–H groups in total. The highest BCUT2D eigenvalue weighted by atomic mass is 14.3. The van der Waals surface area contributed by atoms with E-state index in [-0.39, 0.29) is 0 Å². The maximum atomic E-state index is 2.58. The van der Waals surface area contributed by atoms with Crippen molar-refractivity contribution in [3.8, 4) is 0 Å². The van der Waals surface area contributed by atoms with Crippen LogP contribution >= 0.6 is 0 Å². The molecule has 0 aromatic heterocycles. The van der Waals surface area contributed by atoms with Gasteiger partial charge in [-0.3, -0.25) is 0 Å². The number of hydrogen-bond donors (Lipinski definition) is 0. The second-order valence-corrected chi connectivity index (χ2v) is 6.57. The molecule has 0 bridgehead atoms. The Morgan fingerprint density at radius 1 is 0.571 bits per heavy atom. The van der Waals surface area contributed by atoms with Crippen molar-refractivity contribution in [3.63, 3.8) is 0 Å². The van der Waals surface area contributed by atoms with E-state index in [0.29, 0.717) is 0 Å². The lowest BCUT2D eigenvalue weighted by molar-refractivity contribution is 0.711. The van der Waals surface area contributed by atoms with Gasteiger partial charge in [0, 0.05) is 5.92 Å². The first kappa shape index (κ1) is 18.5. The molecule has 0 nitrogen and oxygen atoms in total. The van der Waals surface area contributed by atoms with Crippen LogP contribution in [0, 0.1) is 5.92 Å². The third-order valence-electron chi connectivity index (χ3n) is 4.65. The summed E-state index contributed by atoms with van der Waals surface area (Å²) in [5, 5.41) is 0. The standard InChI is InChI=1S/C21H37/c1-5-9-13-18-17-19(14-10-6-2)21(16-12-8-4)20(18)15-11-7-3/h17H,5-16H2,1-4H3. The van der Waals surface area contributed by atoms with E-state index in [1.165, 1.54) is 77.0 Å². The Bertz CT molecular complexity index is 332. The first-order valence-electron chi connectivity index (χ1n) is 9.57. The van der Waals surface area contributed by atoms with Crippen LogP contribution in [0.1, 0.15) is 105 Å². The van der Waals surface area contributed by atoms with Gasteiger partial charge in [0.05, 0.1) is 0 Å². The fourth-order valence-corrected chi connectivity index (χ4v) is 3.28. The molecule has 1 aliphatic carbocycles. The van der Waals surface area contributed by atoms with E-state index >= 15 is 0 Å². The average molecular weight is 290 g/mol. The van der Waals surface area contributed by atoms with Gasteiger partial charge in [0.2, 0.25) is 0 Å². The molecule has 1 aliphatic rings. The van der Waals surface area contributed by atoms with Gasteiger partial charge in [-0.25, -0.2) is 0 Å². The SMILES string of the molecule is CCCC[C]1C=C(CCCC)C(CCCC)=C1CCCC. The van der Waals surface area contributed by atoms with Crippen LogP contribution in [-0.2, 0) is 0 Å². The minimum atomic E-state index is 1.31. The van der Waals surface area contributed by atoms with Gasteiger partial charge < -0.3 is 0 Å². The lowest BCUT2D eigenvalue weighted by Gasteiger charge is -2.15. The lowest BCUT2D eigenvalue weighted by atomic mass is 9.89. The molecule has 0 fully saturated rings. The lowest BCUT2D eigenvalue weighted by Crippen LogP contribution is -1.98. The Hall–Kier alpha value is -0.520. The highest BCUT2D eigenvalue weighted by molar-refractivity contribution is 5.54. The zero-order valence-corrected chi connectivity index (χ0v) is 15.1. The van der Waals surface area contributed by atoms with Crippen LogP contribution in [-0.4, -0.2) is 0 Å². The number of unbranched alkanes of at least 4 members (excludes halogenated alkanes) is 4. The molecule has 0 spiro atoms. The van der Waals surface area contributed by atoms with Gasteiger partial charge in [-0.1, -0.05) is 71.4 Å². The molecule has 1 rings (SSSR count). The first-order valence-corrected chi connectivity index (χ1v) is 9.57. The zero-order valence-electron chi connectivity index (χ0n) is 15.1. The highest BCUT2D eigenvalue weighted by Gasteiger charge is 2.25. The molecule has 0 atom stereocenters. The van der Waals surface area contributed by atoms with Gasteiger partial charge in [0.15, 0.2) is 0 Å². The Morgan fingerprint density at radius 2 is 1.05 bits per heavy atom. The highest BCUT2D eigenvalue weighted by Crippen LogP contribution is 2.42. The van der Waals surface area contributed by atoms with Crippen molar-refractivity contribution in [3.05, 3.63) is 28.7 Å². The number of allylic oxidation sites excluding steroid dienone is 4. The van der Waals surface area contributed by atoms with Crippen LogP contribution in [0.25, 0.3) is 0 Å². The van der Waals surface area contributed by atoms with Crippen LogP contribution in [0.4, 0.5) is 0 Å². The summed E-state index contributed by atoms with van der Waals surface area (Å²) in [6.45, 7) is 9.26. The van der Waals surface area contributed by atoms with Gasteiger partial charge in [0.25, 0.3) is 0 Å². The van der Waals surface area contributed by atoms with Gasteiger partial charge in [-0.15, -0.1) is 0 Å². The second kappa shape index (κ2) is 11.1. The normalized spacial score (nSPS) is 15.9. The molecular weight excluding hydrogens is 252 g/mol. The van der Waals surface area contributed by atoms with E-state index in [9.17, 15) is 0 Å². The van der Waals surface area contributed by atoms with E-state index in [0.717, 1.165) is 0 Å². The van der Waals surface area contributed by atoms with Crippen molar-refractivity contribution in [2.24, 2.45) is 0 Å². The minimum Gasteiger partial charge on any atom is -0.0696 e. The smallest absolute Gasteiger partial charge is 0.0231 e. The largest absolute Gasteiger partial charge is 0.0696 e. The van der Waals surface area contributed by atoms with Gasteiger partial charge in [0.1, 0.15) is 0 Å². The van der Waals surface area contributed by atoms with Crippen LogP contribution in [0.3, 0.4) is 0 Å².